The normalized spacial score (nSPS) is 18.1. The van der Waals surface area contributed by atoms with Crippen LogP contribution in [0.4, 0.5) is 0 Å². The fraction of sp³-hybridized carbons (Fsp3) is 0.333. The Labute approximate surface area is 142 Å². The van der Waals surface area contributed by atoms with Crippen molar-refractivity contribution in [2.24, 2.45) is 0 Å². The van der Waals surface area contributed by atoms with Gasteiger partial charge in [-0.25, -0.2) is 0 Å². The zero-order valence-electron chi connectivity index (χ0n) is 12.1. The first-order chi connectivity index (χ1) is 10.1. The second-order valence-electron chi connectivity index (χ2n) is 5.26. The molecule has 2 aromatic rings. The Bertz CT molecular complexity index is 762. The van der Waals surface area contributed by atoms with Crippen LogP contribution in [0.15, 0.2) is 33.5 Å². The summed E-state index contributed by atoms with van der Waals surface area (Å²) in [5.41, 5.74) is 0.862. The number of amides is 1. The molecule has 0 radical (unpaired) electrons. The van der Waals surface area contributed by atoms with E-state index in [1.165, 1.54) is 6.07 Å². The van der Waals surface area contributed by atoms with E-state index < -0.39 is 0 Å². The first-order valence-electron chi connectivity index (χ1n) is 6.91. The van der Waals surface area contributed by atoms with Gasteiger partial charge in [-0.1, -0.05) is 12.1 Å². The standard InChI is InChI=1S/C15H16BrN3O2.ClH/c1-9-8-17-5-6-19(9)15(21)11-7-13(20)18-14-10(11)3-2-4-12(14)16;/h2-4,7,9,17H,5-6,8H2,1H3,(H,18,20);1H/t9-;/m0./s1. The summed E-state index contributed by atoms with van der Waals surface area (Å²) in [7, 11) is 0. The van der Waals surface area contributed by atoms with Gasteiger partial charge in [0.2, 0.25) is 5.56 Å². The third kappa shape index (κ3) is 3.04. The maximum atomic E-state index is 12.8. The number of fused-ring (bicyclic) bond motifs is 1. The van der Waals surface area contributed by atoms with Crippen LogP contribution in [0.25, 0.3) is 10.9 Å². The van der Waals surface area contributed by atoms with Crippen LogP contribution in [-0.2, 0) is 0 Å². The molecule has 0 unspecified atom stereocenters. The highest BCUT2D eigenvalue weighted by Crippen LogP contribution is 2.24. The second kappa shape index (κ2) is 6.81. The van der Waals surface area contributed by atoms with Crippen LogP contribution in [0.5, 0.6) is 0 Å². The van der Waals surface area contributed by atoms with Gasteiger partial charge in [0.1, 0.15) is 0 Å². The number of pyridine rings is 1. The minimum atomic E-state index is -0.263. The molecule has 5 nitrogen and oxygen atoms in total. The zero-order valence-corrected chi connectivity index (χ0v) is 14.5. The summed E-state index contributed by atoms with van der Waals surface area (Å²) in [6, 6.07) is 7.08. The summed E-state index contributed by atoms with van der Waals surface area (Å²) in [6.45, 7) is 4.22. The average molecular weight is 387 g/mol. The fourth-order valence-corrected chi connectivity index (χ4v) is 3.18. The number of hydrogen-bond donors (Lipinski definition) is 2. The van der Waals surface area contributed by atoms with Crippen molar-refractivity contribution in [2.45, 2.75) is 13.0 Å². The van der Waals surface area contributed by atoms with Gasteiger partial charge >= 0.3 is 0 Å². The number of para-hydroxylation sites is 1. The number of H-pyrrole nitrogens is 1. The summed E-state index contributed by atoms with van der Waals surface area (Å²) in [5, 5.41) is 4.02. The summed E-state index contributed by atoms with van der Waals surface area (Å²) in [5.74, 6) is -0.0850. The van der Waals surface area contributed by atoms with E-state index >= 15 is 0 Å². The van der Waals surface area contributed by atoms with Crippen molar-refractivity contribution in [3.63, 3.8) is 0 Å². The Kier molecular flexibility index (Phi) is 5.26. The average Bonchev–Trinajstić information content (AvgIpc) is 2.47. The molecule has 1 aliphatic heterocycles. The SMILES string of the molecule is C[C@H]1CNCCN1C(=O)c1cc(=O)[nH]c2c(Br)cccc12.Cl. The first-order valence-corrected chi connectivity index (χ1v) is 7.70. The maximum absolute atomic E-state index is 12.8. The van der Waals surface area contributed by atoms with Gasteiger partial charge in [-0.2, -0.15) is 0 Å². The predicted molar refractivity (Wildman–Crippen MR) is 92.9 cm³/mol. The number of aromatic nitrogens is 1. The van der Waals surface area contributed by atoms with Gasteiger partial charge in [-0.15, -0.1) is 12.4 Å². The van der Waals surface area contributed by atoms with Gasteiger partial charge < -0.3 is 15.2 Å². The highest BCUT2D eigenvalue weighted by Gasteiger charge is 2.25. The van der Waals surface area contributed by atoms with E-state index in [4.69, 9.17) is 0 Å². The molecule has 1 amide bonds. The molecular formula is C15H17BrClN3O2. The van der Waals surface area contributed by atoms with Crippen molar-refractivity contribution in [3.8, 4) is 0 Å². The maximum Gasteiger partial charge on any atom is 0.255 e. The molecule has 1 atom stereocenters. The molecule has 118 valence electrons. The third-order valence-corrected chi connectivity index (χ3v) is 4.48. The first kappa shape index (κ1) is 17.0. The van der Waals surface area contributed by atoms with Crippen LogP contribution in [0.3, 0.4) is 0 Å². The molecular weight excluding hydrogens is 370 g/mol. The molecule has 1 aromatic heterocycles. The van der Waals surface area contributed by atoms with Gasteiger partial charge in [-0.3, -0.25) is 9.59 Å². The van der Waals surface area contributed by atoms with Crippen LogP contribution in [0.1, 0.15) is 17.3 Å². The number of hydrogen-bond acceptors (Lipinski definition) is 3. The number of benzene rings is 1. The van der Waals surface area contributed by atoms with Crippen LogP contribution in [0.2, 0.25) is 0 Å². The molecule has 1 saturated heterocycles. The monoisotopic (exact) mass is 385 g/mol. The number of piperazine rings is 1. The molecule has 1 aromatic carbocycles. The van der Waals surface area contributed by atoms with Crippen molar-refractivity contribution >= 4 is 45.1 Å². The van der Waals surface area contributed by atoms with E-state index in [0.717, 1.165) is 22.9 Å². The molecule has 0 spiro atoms. The van der Waals surface area contributed by atoms with E-state index in [2.05, 4.69) is 26.2 Å². The minimum absolute atomic E-state index is 0. The topological polar surface area (TPSA) is 65.2 Å². The van der Waals surface area contributed by atoms with E-state index in [-0.39, 0.29) is 29.9 Å². The van der Waals surface area contributed by atoms with Crippen molar-refractivity contribution in [2.75, 3.05) is 19.6 Å². The molecule has 1 aliphatic rings. The van der Waals surface area contributed by atoms with E-state index in [0.29, 0.717) is 17.6 Å². The van der Waals surface area contributed by atoms with Crippen LogP contribution < -0.4 is 10.9 Å². The number of carbonyl (C=O) groups is 1. The fourth-order valence-electron chi connectivity index (χ4n) is 2.72. The van der Waals surface area contributed by atoms with E-state index in [1.54, 1.807) is 0 Å². The summed E-state index contributed by atoms with van der Waals surface area (Å²) >= 11 is 3.42. The molecule has 0 aliphatic carbocycles. The lowest BCUT2D eigenvalue weighted by Crippen LogP contribution is -2.52. The predicted octanol–water partition coefficient (Wildman–Crippen LogP) is 2.15. The summed E-state index contributed by atoms with van der Waals surface area (Å²) in [4.78, 5) is 29.3. The number of aromatic amines is 1. The van der Waals surface area contributed by atoms with Gasteiger partial charge in [-0.05, 0) is 28.9 Å². The second-order valence-corrected chi connectivity index (χ2v) is 6.12. The number of halogens is 2. The van der Waals surface area contributed by atoms with Crippen LogP contribution in [-0.4, -0.2) is 41.5 Å². The number of carbonyl (C=O) groups excluding carboxylic acids is 1. The molecule has 2 N–H and O–H groups in total. The Morgan fingerprint density at radius 1 is 1.41 bits per heavy atom. The summed E-state index contributed by atoms with van der Waals surface area (Å²) < 4.78 is 0.778. The van der Waals surface area contributed by atoms with Gasteiger partial charge in [0, 0.05) is 41.6 Å². The Morgan fingerprint density at radius 2 is 2.18 bits per heavy atom. The molecule has 22 heavy (non-hydrogen) atoms. The lowest BCUT2D eigenvalue weighted by molar-refractivity contribution is 0.0657. The lowest BCUT2D eigenvalue weighted by Gasteiger charge is -2.34. The highest BCUT2D eigenvalue weighted by molar-refractivity contribution is 9.10. The smallest absolute Gasteiger partial charge is 0.255 e. The minimum Gasteiger partial charge on any atom is -0.333 e. The van der Waals surface area contributed by atoms with Gasteiger partial charge in [0.05, 0.1) is 11.1 Å². The van der Waals surface area contributed by atoms with Crippen LogP contribution in [0, 0.1) is 0 Å². The number of rotatable bonds is 1. The van der Waals surface area contributed by atoms with Crippen LogP contribution >= 0.6 is 28.3 Å². The van der Waals surface area contributed by atoms with Crippen molar-refractivity contribution in [3.05, 3.63) is 44.7 Å². The molecule has 0 saturated carbocycles. The van der Waals surface area contributed by atoms with E-state index in [1.807, 2.05) is 30.0 Å². The largest absolute Gasteiger partial charge is 0.333 e. The van der Waals surface area contributed by atoms with Gasteiger partial charge in [0.25, 0.3) is 5.91 Å². The van der Waals surface area contributed by atoms with Gasteiger partial charge in [0.15, 0.2) is 0 Å². The molecule has 7 heteroatoms. The Balaban J connectivity index is 0.00000176. The van der Waals surface area contributed by atoms with Crippen molar-refractivity contribution in [1.82, 2.24) is 15.2 Å². The highest BCUT2D eigenvalue weighted by atomic mass is 79.9. The van der Waals surface area contributed by atoms with Crippen molar-refractivity contribution in [1.29, 1.82) is 0 Å². The number of nitrogens with one attached hydrogen (secondary N) is 2. The lowest BCUT2D eigenvalue weighted by atomic mass is 10.1. The Morgan fingerprint density at radius 3 is 2.91 bits per heavy atom. The zero-order chi connectivity index (χ0) is 15.0. The quantitative estimate of drug-likeness (QED) is 0.789. The number of nitrogens with zero attached hydrogens (tertiary/aromatic N) is 1. The molecule has 0 bridgehead atoms. The van der Waals surface area contributed by atoms with E-state index in [9.17, 15) is 9.59 Å². The van der Waals surface area contributed by atoms with Crippen molar-refractivity contribution < 1.29 is 4.79 Å². The third-order valence-electron chi connectivity index (χ3n) is 3.82. The Hall–Kier alpha value is -1.37. The summed E-state index contributed by atoms with van der Waals surface area (Å²) in [6.07, 6.45) is 0. The molecule has 3 rings (SSSR count). The molecule has 2 heterocycles. The molecule has 1 fully saturated rings.